The van der Waals surface area contributed by atoms with Gasteiger partial charge >= 0.3 is 5.97 Å². The van der Waals surface area contributed by atoms with E-state index < -0.39 is 119 Å². The van der Waals surface area contributed by atoms with E-state index in [-0.39, 0.29) is 25.0 Å². The first-order valence-corrected chi connectivity index (χ1v) is 18.6. The van der Waals surface area contributed by atoms with Crippen LogP contribution < -0.4 is 0 Å². The third-order valence-electron chi connectivity index (χ3n) is 11.9. The highest BCUT2D eigenvalue weighted by Crippen LogP contribution is 2.40. The average Bonchev–Trinajstić information content (AvgIpc) is 3.05. The van der Waals surface area contributed by atoms with Crippen molar-refractivity contribution in [1.29, 1.82) is 0 Å². The van der Waals surface area contributed by atoms with Crippen LogP contribution in [0, 0.1) is 34.8 Å². The summed E-state index contributed by atoms with van der Waals surface area (Å²) in [4.78, 5) is 27.8. The summed E-state index contributed by atoms with van der Waals surface area (Å²) in [5.74, 6) is -4.91. The molecule has 14 nitrogen and oxygen atoms in total. The second kappa shape index (κ2) is 17.0. The number of carbonyl (C=O) groups is 2. The van der Waals surface area contributed by atoms with Crippen molar-refractivity contribution >= 4 is 11.8 Å². The summed E-state index contributed by atoms with van der Waals surface area (Å²) in [7, 11) is 4.35. The number of hydrogen-bond acceptors (Lipinski definition) is 13. The summed E-state index contributed by atoms with van der Waals surface area (Å²) in [5, 5.41) is 59.1. The number of nitrogens with zero attached hydrogens (tertiary/aromatic N) is 1. The molecule has 3 aliphatic heterocycles. The molecular weight excluding hydrogens is 666 g/mol. The molecule has 4 N–H and O–H groups in total. The molecular formula is C37H67NO13. The molecule has 2 unspecified atom stereocenters. The van der Waals surface area contributed by atoms with Crippen molar-refractivity contribution in [3.63, 3.8) is 0 Å². The summed E-state index contributed by atoms with van der Waals surface area (Å²) in [6, 6.07) is -0.801. The molecule has 0 aliphatic carbocycles. The Bertz CT molecular complexity index is 1160. The number of cyclic esters (lactones) is 1. The van der Waals surface area contributed by atoms with Gasteiger partial charge in [-0.15, -0.1) is 0 Å². The van der Waals surface area contributed by atoms with Crippen molar-refractivity contribution in [1.82, 2.24) is 0 Å². The maximum atomic E-state index is 14.0. The predicted molar refractivity (Wildman–Crippen MR) is 187 cm³/mol. The van der Waals surface area contributed by atoms with Gasteiger partial charge in [0.05, 0.1) is 61.7 Å². The molecule has 3 rings (SSSR count). The molecule has 14 heteroatoms. The van der Waals surface area contributed by atoms with Crippen molar-refractivity contribution in [2.75, 3.05) is 21.2 Å². The molecule has 0 saturated carbocycles. The highest BCUT2D eigenvalue weighted by molar-refractivity contribution is 5.83. The van der Waals surface area contributed by atoms with Crippen LogP contribution in [0.4, 0.5) is 0 Å². The number of likely N-dealkylation sites (N-methyl/N-ethyl adjacent to an activating group) is 1. The highest BCUT2D eigenvalue weighted by atomic mass is 16.7. The monoisotopic (exact) mass is 733 g/mol. The number of quaternary nitrogens is 1. The molecule has 3 fully saturated rings. The zero-order valence-electron chi connectivity index (χ0n) is 33.0. The van der Waals surface area contributed by atoms with Crippen molar-refractivity contribution in [3.8, 4) is 0 Å². The smallest absolute Gasteiger partial charge is 0.311 e. The summed E-state index contributed by atoms with van der Waals surface area (Å²) >= 11 is 0. The molecule has 0 amide bonds. The molecule has 0 bridgehead atoms. The third-order valence-corrected chi connectivity index (χ3v) is 11.9. The fourth-order valence-corrected chi connectivity index (χ4v) is 8.46. The molecule has 3 saturated heterocycles. The summed E-state index contributed by atoms with van der Waals surface area (Å²) in [6.07, 6.45) is -9.33. The Morgan fingerprint density at radius 3 is 2.06 bits per heavy atom. The van der Waals surface area contributed by atoms with Crippen LogP contribution in [0.3, 0.4) is 0 Å². The second-order valence-corrected chi connectivity index (χ2v) is 16.7. The Labute approximate surface area is 304 Å². The van der Waals surface area contributed by atoms with Gasteiger partial charge in [-0.05, 0) is 47.5 Å². The Balaban J connectivity index is 2.17. The normalized spacial score (nSPS) is 48.5. The number of carbonyl (C=O) groups excluding carboxylic acids is 2. The zero-order valence-corrected chi connectivity index (χ0v) is 33.0. The van der Waals surface area contributed by atoms with Crippen LogP contribution in [0.5, 0.6) is 0 Å². The third kappa shape index (κ3) is 9.88. The van der Waals surface area contributed by atoms with Gasteiger partial charge in [0.15, 0.2) is 18.7 Å². The molecule has 18 atom stereocenters. The van der Waals surface area contributed by atoms with E-state index in [0.29, 0.717) is 6.42 Å². The first kappa shape index (κ1) is 44.1. The van der Waals surface area contributed by atoms with Crippen molar-refractivity contribution in [3.05, 3.63) is 5.21 Å². The minimum absolute atomic E-state index is 0.103. The van der Waals surface area contributed by atoms with E-state index in [4.69, 9.17) is 28.4 Å². The molecule has 298 valence electrons. The largest absolute Gasteiger partial charge is 0.633 e. The quantitative estimate of drug-likeness (QED) is 0.170. The number of hydrogen-bond donors (Lipinski definition) is 4. The van der Waals surface area contributed by atoms with Gasteiger partial charge in [0, 0.05) is 43.6 Å². The van der Waals surface area contributed by atoms with Gasteiger partial charge in [-0.3, -0.25) is 9.59 Å². The molecule has 0 aromatic rings. The molecule has 0 aromatic carbocycles. The predicted octanol–water partition coefficient (Wildman–Crippen LogP) is 2.68. The van der Waals surface area contributed by atoms with Gasteiger partial charge < -0.3 is 58.7 Å². The van der Waals surface area contributed by atoms with Gasteiger partial charge in [0.2, 0.25) is 0 Å². The minimum atomic E-state index is -1.80. The van der Waals surface area contributed by atoms with Crippen LogP contribution in [0.15, 0.2) is 0 Å². The summed E-state index contributed by atoms with van der Waals surface area (Å²) < 4.78 is 36.3. The Morgan fingerprint density at radius 2 is 1.51 bits per heavy atom. The number of ketones is 1. The number of esters is 1. The van der Waals surface area contributed by atoms with Crippen LogP contribution in [-0.2, 0) is 38.0 Å². The van der Waals surface area contributed by atoms with Crippen molar-refractivity contribution in [2.24, 2.45) is 29.6 Å². The van der Waals surface area contributed by atoms with Crippen LogP contribution in [0.2, 0.25) is 0 Å². The van der Waals surface area contributed by atoms with Gasteiger partial charge in [-0.2, -0.15) is 0 Å². The van der Waals surface area contributed by atoms with E-state index in [2.05, 4.69) is 0 Å². The van der Waals surface area contributed by atoms with Crippen LogP contribution in [0.25, 0.3) is 0 Å². The van der Waals surface area contributed by atoms with Gasteiger partial charge in [-0.25, -0.2) is 0 Å². The zero-order chi connectivity index (χ0) is 39.0. The van der Waals surface area contributed by atoms with Gasteiger partial charge in [0.25, 0.3) is 0 Å². The second-order valence-electron chi connectivity index (χ2n) is 16.7. The van der Waals surface area contributed by atoms with Crippen LogP contribution in [0.1, 0.15) is 94.9 Å². The van der Waals surface area contributed by atoms with E-state index >= 15 is 0 Å². The molecule has 0 spiro atoms. The lowest BCUT2D eigenvalue weighted by molar-refractivity contribution is -0.874. The minimum Gasteiger partial charge on any atom is -0.633 e. The first-order valence-electron chi connectivity index (χ1n) is 18.6. The van der Waals surface area contributed by atoms with Crippen molar-refractivity contribution in [2.45, 2.75) is 174 Å². The summed E-state index contributed by atoms with van der Waals surface area (Å²) in [6.45, 7) is 17.0. The lowest BCUT2D eigenvalue weighted by atomic mass is 9.74. The number of aliphatic hydroxyl groups is 4. The maximum Gasteiger partial charge on any atom is 0.311 e. The Morgan fingerprint density at radius 1 is 0.902 bits per heavy atom. The fraction of sp³-hybridized carbons (Fsp3) is 0.946. The fourth-order valence-electron chi connectivity index (χ4n) is 8.46. The molecule has 51 heavy (non-hydrogen) atoms. The van der Waals surface area contributed by atoms with E-state index in [9.17, 15) is 35.2 Å². The topological polar surface area (TPSA) is 194 Å². The molecule has 0 aromatic heterocycles. The standard InChI is InChI=1S/C37H67NO13/c1-14-26-20(4)29(40)21(5)28(39)18(2)16-36(9,44)33(51-35-30(41)25(38(11,12)45)15-19(3)47-35)22(6)31(23(7)34(43)49-26)50-27-17-37(10,46-13)32(42)24(8)48-27/h18-27,29-33,35,40-42,44H,14-17H2,1-13H3/t18-,19-,20+,21+,22+,23-,24+,25+,26?,27+,29+,30-,31?,32+,33-,35+,36-,37-/m1/s1. The van der Waals surface area contributed by atoms with E-state index in [0.717, 1.165) is 0 Å². The number of hydroxylamine groups is 3. The number of ether oxygens (including phenoxy) is 6. The maximum absolute atomic E-state index is 14.0. The number of methoxy groups -OCH3 is 1. The van der Waals surface area contributed by atoms with E-state index in [1.165, 1.54) is 28.1 Å². The average molecular weight is 734 g/mol. The van der Waals surface area contributed by atoms with Gasteiger partial charge in [-0.1, -0.05) is 34.6 Å². The summed E-state index contributed by atoms with van der Waals surface area (Å²) in [5.41, 5.74) is -2.84. The van der Waals surface area contributed by atoms with E-state index in [1.54, 1.807) is 55.4 Å². The lowest BCUT2D eigenvalue weighted by Crippen LogP contribution is -2.63. The highest BCUT2D eigenvalue weighted by Gasteiger charge is 2.53. The molecule has 0 radical (unpaired) electrons. The number of rotatable bonds is 7. The lowest BCUT2D eigenvalue weighted by Gasteiger charge is -2.51. The Kier molecular flexibility index (Phi) is 14.7. The van der Waals surface area contributed by atoms with E-state index in [1.807, 2.05) is 6.92 Å². The SMILES string of the molecule is CCC1OC(=O)[C@H](C)C(O[C@H]2C[C@@](C)(OC)[C@@H](O)[C@H](C)O2)[C@H](C)[C@@H](O[C@@H]2O[C@H](C)C[C@H]([N+](C)(C)[O-])[C@H]2O)[C@](C)(O)C[C@@H](C)C(=O)[C@H](C)[C@@H](O)[C@H]1C. The van der Waals surface area contributed by atoms with Crippen LogP contribution >= 0.6 is 0 Å². The van der Waals surface area contributed by atoms with Gasteiger partial charge in [0.1, 0.15) is 24.0 Å². The van der Waals surface area contributed by atoms with Crippen molar-refractivity contribution < 1.29 is 63.1 Å². The number of aliphatic hydroxyl groups excluding tert-OH is 3. The molecule has 3 heterocycles. The number of Topliss-reactive ketones (excluding diaryl/α,β-unsaturated/α-hetero) is 1. The Hall–Kier alpha value is -1.30. The van der Waals surface area contributed by atoms with Crippen LogP contribution in [-0.4, -0.2) is 137 Å². The molecule has 3 aliphatic rings. The first-order chi connectivity index (χ1) is 23.4.